The zero-order valence-corrected chi connectivity index (χ0v) is 22.0. The molecular weight excluding hydrogens is 468 g/mol. The number of nitrogens with zero attached hydrogens (tertiary/aromatic N) is 2. The third-order valence-corrected chi connectivity index (χ3v) is 12.1. The van der Waals surface area contributed by atoms with Gasteiger partial charge in [0.25, 0.3) is 0 Å². The predicted octanol–water partition coefficient (Wildman–Crippen LogP) is 5.01. The van der Waals surface area contributed by atoms with Gasteiger partial charge in [-0.3, -0.25) is 14.6 Å². The SMILES string of the molecule is CC(C)(C)[Si](C)(C)OCCCc1ccc(C2C[C@@H]3CN(C(=O)O)C=C(C2C(=O)O)N3C(=O)O)cc1. The fourth-order valence-electron chi connectivity index (χ4n) is 4.62. The van der Waals surface area contributed by atoms with E-state index in [2.05, 4.69) is 33.9 Å². The Bertz CT molecular complexity index is 1000. The molecule has 3 atom stereocenters. The number of aliphatic carboxylic acids is 1. The van der Waals surface area contributed by atoms with Crippen molar-refractivity contribution in [2.24, 2.45) is 5.92 Å². The molecular formula is C25H36N2O7Si. The van der Waals surface area contributed by atoms with E-state index in [1.54, 1.807) is 0 Å². The number of aryl methyl sites for hydroxylation is 1. The third-order valence-electron chi connectivity index (χ3n) is 7.59. The van der Waals surface area contributed by atoms with Crippen LogP contribution >= 0.6 is 0 Å². The maximum absolute atomic E-state index is 12.2. The van der Waals surface area contributed by atoms with Crippen molar-refractivity contribution in [3.8, 4) is 0 Å². The standard InChI is InChI=1S/C25H36N2O7Si/c1-25(2,3)35(4,5)34-12-6-7-16-8-10-17(11-9-16)19-13-18-14-26(23(30)31)15-20(21(19)22(28)29)27(18)24(32)33/h8-11,15,18-19,21H,6-7,12-14H2,1-5H3,(H,28,29)(H,30,31)(H,32,33)/t18-,19?,21?/m1/s1. The van der Waals surface area contributed by atoms with Gasteiger partial charge in [0.15, 0.2) is 8.32 Å². The number of benzene rings is 1. The van der Waals surface area contributed by atoms with E-state index in [0.29, 0.717) is 6.61 Å². The highest BCUT2D eigenvalue weighted by atomic mass is 28.4. The van der Waals surface area contributed by atoms with Crippen LogP contribution in [0.15, 0.2) is 36.2 Å². The Morgan fingerprint density at radius 3 is 2.20 bits per heavy atom. The zero-order valence-electron chi connectivity index (χ0n) is 21.0. The van der Waals surface area contributed by atoms with E-state index in [4.69, 9.17) is 4.43 Å². The number of piperidine rings is 1. The highest BCUT2D eigenvalue weighted by Gasteiger charge is 2.49. The van der Waals surface area contributed by atoms with Crippen molar-refractivity contribution in [1.82, 2.24) is 9.80 Å². The summed E-state index contributed by atoms with van der Waals surface area (Å²) in [5, 5.41) is 29.2. The summed E-state index contributed by atoms with van der Waals surface area (Å²) in [5.41, 5.74) is 1.93. The van der Waals surface area contributed by atoms with Crippen molar-refractivity contribution in [3.05, 3.63) is 47.3 Å². The predicted molar refractivity (Wildman–Crippen MR) is 133 cm³/mol. The molecule has 2 aliphatic rings. The first-order chi connectivity index (χ1) is 16.2. The molecule has 35 heavy (non-hydrogen) atoms. The molecule has 1 saturated heterocycles. The number of carboxylic acid groups (broad SMARTS) is 3. The first-order valence-corrected chi connectivity index (χ1v) is 14.8. The van der Waals surface area contributed by atoms with E-state index in [1.807, 2.05) is 24.3 Å². The van der Waals surface area contributed by atoms with Gasteiger partial charge in [0.05, 0.1) is 11.7 Å². The molecule has 2 heterocycles. The summed E-state index contributed by atoms with van der Waals surface area (Å²) < 4.78 is 6.24. The third kappa shape index (κ3) is 5.70. The van der Waals surface area contributed by atoms with Crippen LogP contribution in [0.2, 0.25) is 18.1 Å². The van der Waals surface area contributed by atoms with Crippen LogP contribution in [0, 0.1) is 5.92 Å². The number of carbonyl (C=O) groups is 3. The number of rotatable bonds is 7. The maximum atomic E-state index is 12.2. The largest absolute Gasteiger partial charge is 0.481 e. The Balaban J connectivity index is 1.74. The molecule has 192 valence electrons. The Morgan fingerprint density at radius 1 is 1.06 bits per heavy atom. The minimum absolute atomic E-state index is 0.00763. The van der Waals surface area contributed by atoms with Gasteiger partial charge in [-0.05, 0) is 48.5 Å². The molecule has 2 unspecified atom stereocenters. The van der Waals surface area contributed by atoms with E-state index in [0.717, 1.165) is 40.0 Å². The fourth-order valence-corrected chi connectivity index (χ4v) is 5.71. The number of amides is 2. The summed E-state index contributed by atoms with van der Waals surface area (Å²) in [6, 6.07) is 7.14. The molecule has 0 spiro atoms. The molecule has 0 saturated carbocycles. The quantitative estimate of drug-likeness (QED) is 0.352. The van der Waals surface area contributed by atoms with Crippen molar-refractivity contribution < 1.29 is 34.1 Å². The van der Waals surface area contributed by atoms with Crippen LogP contribution in [0.3, 0.4) is 0 Å². The highest BCUT2D eigenvalue weighted by Crippen LogP contribution is 2.44. The van der Waals surface area contributed by atoms with Crippen LogP contribution in [0.25, 0.3) is 0 Å². The lowest BCUT2D eigenvalue weighted by atomic mass is 9.74. The maximum Gasteiger partial charge on any atom is 0.411 e. The average molecular weight is 505 g/mol. The van der Waals surface area contributed by atoms with E-state index >= 15 is 0 Å². The Hall–Kier alpha value is -2.85. The molecule has 0 aromatic heterocycles. The molecule has 2 aliphatic heterocycles. The topological polar surface area (TPSA) is 128 Å². The molecule has 1 aromatic rings. The first-order valence-electron chi connectivity index (χ1n) is 11.9. The normalized spacial score (nSPS) is 22.5. The molecule has 0 aliphatic carbocycles. The average Bonchev–Trinajstić information content (AvgIpc) is 2.74. The van der Waals surface area contributed by atoms with Crippen LogP contribution in [0.4, 0.5) is 9.59 Å². The van der Waals surface area contributed by atoms with Gasteiger partial charge in [-0.2, -0.15) is 0 Å². The van der Waals surface area contributed by atoms with Crippen LogP contribution in [-0.2, 0) is 15.6 Å². The monoisotopic (exact) mass is 504 g/mol. The summed E-state index contributed by atoms with van der Waals surface area (Å²) >= 11 is 0. The van der Waals surface area contributed by atoms with Gasteiger partial charge in [-0.15, -0.1) is 0 Å². The molecule has 3 N–H and O–H groups in total. The van der Waals surface area contributed by atoms with Gasteiger partial charge in [0.2, 0.25) is 0 Å². The van der Waals surface area contributed by atoms with E-state index in [9.17, 15) is 29.7 Å². The molecule has 10 heteroatoms. The van der Waals surface area contributed by atoms with Crippen molar-refractivity contribution in [1.29, 1.82) is 0 Å². The van der Waals surface area contributed by atoms with E-state index in [1.165, 1.54) is 0 Å². The van der Waals surface area contributed by atoms with Gasteiger partial charge >= 0.3 is 18.2 Å². The van der Waals surface area contributed by atoms with Crippen LogP contribution in [-0.4, -0.2) is 70.8 Å². The lowest BCUT2D eigenvalue weighted by Crippen LogP contribution is -2.57. The van der Waals surface area contributed by atoms with Crippen molar-refractivity contribution >= 4 is 26.5 Å². The number of fused-ring (bicyclic) bond motifs is 2. The second-order valence-corrected chi connectivity index (χ2v) is 15.7. The van der Waals surface area contributed by atoms with Gasteiger partial charge in [-0.1, -0.05) is 45.0 Å². The molecule has 2 bridgehead atoms. The van der Waals surface area contributed by atoms with Gasteiger partial charge in [0, 0.05) is 25.3 Å². The molecule has 0 radical (unpaired) electrons. The van der Waals surface area contributed by atoms with Gasteiger partial charge in [0.1, 0.15) is 5.92 Å². The Kier molecular flexibility index (Phi) is 7.66. The van der Waals surface area contributed by atoms with Gasteiger partial charge < -0.3 is 19.7 Å². The molecule has 9 nitrogen and oxygen atoms in total. The lowest BCUT2D eigenvalue weighted by molar-refractivity contribution is -0.143. The summed E-state index contributed by atoms with van der Waals surface area (Å²) in [6.45, 7) is 11.8. The summed E-state index contributed by atoms with van der Waals surface area (Å²) in [6.07, 6.45) is 0.600. The van der Waals surface area contributed by atoms with Crippen LogP contribution < -0.4 is 0 Å². The van der Waals surface area contributed by atoms with E-state index < -0.39 is 44.4 Å². The summed E-state index contributed by atoms with van der Waals surface area (Å²) in [7, 11) is -1.78. The molecule has 2 amide bonds. The number of hydrogen-bond donors (Lipinski definition) is 3. The van der Waals surface area contributed by atoms with Crippen LogP contribution in [0.5, 0.6) is 0 Å². The van der Waals surface area contributed by atoms with Crippen LogP contribution in [0.1, 0.15) is 50.7 Å². The minimum atomic E-state index is -1.78. The molecule has 3 rings (SSSR count). The molecule has 1 fully saturated rings. The summed E-state index contributed by atoms with van der Waals surface area (Å²) in [5.74, 6) is -2.79. The number of carboxylic acids is 1. The fraction of sp³-hybridized carbons (Fsp3) is 0.560. The smallest absolute Gasteiger partial charge is 0.411 e. The highest BCUT2D eigenvalue weighted by molar-refractivity contribution is 6.74. The minimum Gasteiger partial charge on any atom is -0.481 e. The van der Waals surface area contributed by atoms with Crippen molar-refractivity contribution in [2.75, 3.05) is 13.2 Å². The first kappa shape index (κ1) is 26.7. The van der Waals surface area contributed by atoms with Gasteiger partial charge in [-0.25, -0.2) is 9.59 Å². The Labute approximate surface area is 207 Å². The van der Waals surface area contributed by atoms with Crippen molar-refractivity contribution in [3.63, 3.8) is 0 Å². The van der Waals surface area contributed by atoms with E-state index in [-0.39, 0.29) is 23.7 Å². The summed E-state index contributed by atoms with van der Waals surface area (Å²) in [4.78, 5) is 37.6. The van der Waals surface area contributed by atoms with Crippen molar-refractivity contribution in [2.45, 2.75) is 70.1 Å². The zero-order chi connectivity index (χ0) is 26.1. The number of hydrogen-bond acceptors (Lipinski definition) is 4. The second-order valence-electron chi connectivity index (χ2n) is 10.9. The second kappa shape index (κ2) is 10.0. The lowest BCUT2D eigenvalue weighted by Gasteiger charge is -2.47. The molecule has 1 aromatic carbocycles. The Morgan fingerprint density at radius 2 is 1.69 bits per heavy atom.